The van der Waals surface area contributed by atoms with Crippen molar-refractivity contribution in [1.29, 1.82) is 0 Å². The van der Waals surface area contributed by atoms with Crippen LogP contribution in [0.1, 0.15) is 16.8 Å². The number of azo groups is 1. The maximum absolute atomic E-state index is 12.8. The highest BCUT2D eigenvalue weighted by Crippen LogP contribution is 2.38. The topological polar surface area (TPSA) is 138 Å². The van der Waals surface area contributed by atoms with Gasteiger partial charge >= 0.3 is 0 Å². The zero-order valence-corrected chi connectivity index (χ0v) is 20.0. The second-order valence-corrected chi connectivity index (χ2v) is 8.41. The Bertz CT molecular complexity index is 1580. The smallest absolute Gasteiger partial charge is 0.284 e. The summed E-state index contributed by atoms with van der Waals surface area (Å²) in [6, 6.07) is 13.7. The number of benzene rings is 2. The highest BCUT2D eigenvalue weighted by Gasteiger charge is 2.19. The van der Waals surface area contributed by atoms with Gasteiger partial charge in [0.15, 0.2) is 11.4 Å². The third kappa shape index (κ3) is 4.74. The molecule has 2 aromatic carbocycles. The number of aromatic nitrogens is 2. The maximum atomic E-state index is 12.8. The number of fused-ring (bicyclic) bond motifs is 1. The SMILES string of the molecule is Cc1cccc(NC(=O)Cn2c(O)c(N=NC(=O)Cn3ccc(=O)c(O)c3C)c3ccccc32)c1C. The highest BCUT2D eigenvalue weighted by atomic mass is 16.3. The molecule has 0 radical (unpaired) electrons. The lowest BCUT2D eigenvalue weighted by molar-refractivity contribution is -0.119. The van der Waals surface area contributed by atoms with Crippen molar-refractivity contribution in [3.05, 3.63) is 81.8 Å². The van der Waals surface area contributed by atoms with E-state index in [0.717, 1.165) is 17.2 Å². The van der Waals surface area contributed by atoms with E-state index in [1.165, 1.54) is 22.3 Å². The van der Waals surface area contributed by atoms with Crippen LogP contribution in [0.5, 0.6) is 11.6 Å². The van der Waals surface area contributed by atoms with E-state index in [2.05, 4.69) is 15.5 Å². The minimum absolute atomic E-state index is 0.0537. The summed E-state index contributed by atoms with van der Waals surface area (Å²) >= 11 is 0. The van der Waals surface area contributed by atoms with Crippen molar-refractivity contribution >= 4 is 34.1 Å². The van der Waals surface area contributed by atoms with Crippen LogP contribution in [0.3, 0.4) is 0 Å². The van der Waals surface area contributed by atoms with Crippen molar-refractivity contribution in [2.75, 3.05) is 5.32 Å². The van der Waals surface area contributed by atoms with Gasteiger partial charge in [-0.25, -0.2) is 0 Å². The fraction of sp³-hybridized carbons (Fsp3) is 0.192. The lowest BCUT2D eigenvalue weighted by atomic mass is 10.1. The lowest BCUT2D eigenvalue weighted by Crippen LogP contribution is -2.19. The van der Waals surface area contributed by atoms with Gasteiger partial charge in [0.2, 0.25) is 17.2 Å². The summed E-state index contributed by atoms with van der Waals surface area (Å²) in [6.45, 7) is 4.93. The van der Waals surface area contributed by atoms with Gasteiger partial charge in [-0.2, -0.15) is 0 Å². The summed E-state index contributed by atoms with van der Waals surface area (Å²) in [5, 5.41) is 31.7. The van der Waals surface area contributed by atoms with Crippen LogP contribution >= 0.6 is 0 Å². The summed E-state index contributed by atoms with van der Waals surface area (Å²) in [5.74, 6) is -1.75. The van der Waals surface area contributed by atoms with Gasteiger partial charge in [-0.15, -0.1) is 10.2 Å². The van der Waals surface area contributed by atoms with E-state index in [1.807, 2.05) is 32.0 Å². The van der Waals surface area contributed by atoms with Gasteiger partial charge < -0.3 is 24.7 Å². The number of hydrogen-bond acceptors (Lipinski definition) is 6. The summed E-state index contributed by atoms with van der Waals surface area (Å²) < 4.78 is 2.78. The van der Waals surface area contributed by atoms with Crippen molar-refractivity contribution in [1.82, 2.24) is 9.13 Å². The number of anilines is 1. The molecular weight excluding hydrogens is 462 g/mol. The highest BCUT2D eigenvalue weighted by molar-refractivity contribution is 5.98. The third-order valence-corrected chi connectivity index (χ3v) is 6.08. The van der Waals surface area contributed by atoms with Crippen LogP contribution in [0.25, 0.3) is 10.9 Å². The van der Waals surface area contributed by atoms with Crippen LogP contribution in [-0.2, 0) is 22.7 Å². The number of aryl methyl sites for hydroxylation is 1. The number of carbonyl (C=O) groups excluding carboxylic acids is 2. The minimum Gasteiger partial charge on any atom is -0.503 e. The standard InChI is InChI=1S/C26H25N5O5/c1-15-7-6-9-19(16(15)2)27-22(33)14-31-20-10-5-4-8-18(20)24(26(31)36)29-28-23(34)13-30-12-11-21(32)25(35)17(30)3/h4-12,35-36H,13-14H2,1-3H3,(H,27,33). The molecule has 36 heavy (non-hydrogen) atoms. The second-order valence-electron chi connectivity index (χ2n) is 8.41. The molecule has 0 aliphatic rings. The first-order valence-electron chi connectivity index (χ1n) is 11.2. The van der Waals surface area contributed by atoms with E-state index in [4.69, 9.17) is 0 Å². The molecule has 0 saturated carbocycles. The van der Waals surface area contributed by atoms with Crippen molar-refractivity contribution in [3.8, 4) is 11.6 Å². The molecule has 0 spiro atoms. The van der Waals surface area contributed by atoms with E-state index >= 15 is 0 Å². The molecule has 10 nitrogen and oxygen atoms in total. The van der Waals surface area contributed by atoms with E-state index < -0.39 is 17.1 Å². The summed E-state index contributed by atoms with van der Waals surface area (Å²) in [7, 11) is 0. The summed E-state index contributed by atoms with van der Waals surface area (Å²) in [6.07, 6.45) is 1.38. The van der Waals surface area contributed by atoms with Crippen LogP contribution in [0.15, 0.2) is 69.8 Å². The average Bonchev–Trinajstić information content (AvgIpc) is 3.11. The zero-order valence-electron chi connectivity index (χ0n) is 20.0. The summed E-state index contributed by atoms with van der Waals surface area (Å²) in [5.41, 5.74) is 2.96. The molecule has 10 heteroatoms. The van der Waals surface area contributed by atoms with E-state index in [0.29, 0.717) is 16.6 Å². The molecule has 2 heterocycles. The number of para-hydroxylation sites is 1. The Kier molecular flexibility index (Phi) is 6.69. The molecule has 0 unspecified atom stereocenters. The number of carbonyl (C=O) groups is 2. The predicted octanol–water partition coefficient (Wildman–Crippen LogP) is 4.09. The van der Waals surface area contributed by atoms with Gasteiger partial charge in [0.05, 0.1) is 11.2 Å². The molecule has 0 saturated heterocycles. The normalized spacial score (nSPS) is 11.3. The molecule has 2 amide bonds. The Morgan fingerprint density at radius 2 is 1.72 bits per heavy atom. The molecule has 0 aliphatic heterocycles. The molecule has 3 N–H and O–H groups in total. The largest absolute Gasteiger partial charge is 0.503 e. The first kappa shape index (κ1) is 24.4. The Morgan fingerprint density at radius 3 is 2.50 bits per heavy atom. The van der Waals surface area contributed by atoms with Crippen molar-refractivity contribution < 1.29 is 19.8 Å². The molecule has 0 atom stereocenters. The molecule has 4 aromatic rings. The number of nitrogens with one attached hydrogen (secondary N) is 1. The zero-order chi connectivity index (χ0) is 26.0. The van der Waals surface area contributed by atoms with Gasteiger partial charge in [0.1, 0.15) is 13.1 Å². The van der Waals surface area contributed by atoms with E-state index in [9.17, 15) is 24.6 Å². The first-order valence-corrected chi connectivity index (χ1v) is 11.2. The molecule has 2 aromatic heterocycles. The van der Waals surface area contributed by atoms with Crippen LogP contribution in [0, 0.1) is 20.8 Å². The van der Waals surface area contributed by atoms with E-state index in [-0.39, 0.29) is 36.3 Å². The van der Waals surface area contributed by atoms with Gasteiger partial charge in [-0.3, -0.25) is 14.4 Å². The molecule has 0 aliphatic carbocycles. The molecule has 4 rings (SSSR count). The van der Waals surface area contributed by atoms with Crippen molar-refractivity contribution in [3.63, 3.8) is 0 Å². The Balaban J connectivity index is 1.59. The van der Waals surface area contributed by atoms with E-state index in [1.54, 1.807) is 24.3 Å². The lowest BCUT2D eigenvalue weighted by Gasteiger charge is -2.12. The molecular formula is C26H25N5O5. The Hall–Kier alpha value is -4.73. The maximum Gasteiger partial charge on any atom is 0.284 e. The van der Waals surface area contributed by atoms with Crippen molar-refractivity contribution in [2.24, 2.45) is 10.2 Å². The quantitative estimate of drug-likeness (QED) is 0.352. The molecule has 184 valence electrons. The van der Waals surface area contributed by atoms with Crippen LogP contribution in [0.2, 0.25) is 0 Å². The van der Waals surface area contributed by atoms with Gasteiger partial charge in [0.25, 0.3) is 5.91 Å². The fourth-order valence-corrected chi connectivity index (χ4v) is 3.87. The van der Waals surface area contributed by atoms with Gasteiger partial charge in [0, 0.05) is 23.3 Å². The number of rotatable bonds is 6. The Morgan fingerprint density at radius 1 is 0.972 bits per heavy atom. The third-order valence-electron chi connectivity index (χ3n) is 6.08. The van der Waals surface area contributed by atoms with Crippen molar-refractivity contribution in [2.45, 2.75) is 33.9 Å². The number of aromatic hydroxyl groups is 2. The van der Waals surface area contributed by atoms with Crippen LogP contribution in [-0.4, -0.2) is 31.2 Å². The first-order chi connectivity index (χ1) is 17.2. The second kappa shape index (κ2) is 9.87. The number of nitrogens with zero attached hydrogens (tertiary/aromatic N) is 4. The molecule has 0 bridgehead atoms. The predicted molar refractivity (Wildman–Crippen MR) is 135 cm³/mol. The number of amides is 2. The molecule has 0 fully saturated rings. The fourth-order valence-electron chi connectivity index (χ4n) is 3.87. The number of pyridine rings is 1. The monoisotopic (exact) mass is 487 g/mol. The van der Waals surface area contributed by atoms with Crippen LogP contribution in [0.4, 0.5) is 11.4 Å². The van der Waals surface area contributed by atoms with Gasteiger partial charge in [-0.05, 0) is 44.0 Å². The van der Waals surface area contributed by atoms with Gasteiger partial charge in [-0.1, -0.05) is 30.3 Å². The van der Waals surface area contributed by atoms with Crippen LogP contribution < -0.4 is 10.7 Å². The summed E-state index contributed by atoms with van der Waals surface area (Å²) in [4.78, 5) is 36.8. The minimum atomic E-state index is -0.662. The number of hydrogen-bond donors (Lipinski definition) is 3. The average molecular weight is 488 g/mol. The Labute approximate surface area is 206 Å².